The van der Waals surface area contributed by atoms with Crippen molar-refractivity contribution < 1.29 is 9.47 Å². The molecule has 0 N–H and O–H groups in total. The average molecular weight is 308 g/mol. The van der Waals surface area contributed by atoms with E-state index < -0.39 is 0 Å². The molecule has 1 unspecified atom stereocenters. The number of aliphatic imine (C=N–C) groups is 1. The van der Waals surface area contributed by atoms with Gasteiger partial charge in [-0.3, -0.25) is 4.99 Å². The van der Waals surface area contributed by atoms with Crippen LogP contribution in [0.1, 0.15) is 43.5 Å². The van der Waals surface area contributed by atoms with Crippen molar-refractivity contribution in [2.45, 2.75) is 32.2 Å². The number of hydrogen-bond acceptors (Lipinski definition) is 3. The number of rotatable bonds is 2. The van der Waals surface area contributed by atoms with Gasteiger partial charge in [-0.1, -0.05) is 6.92 Å². The summed E-state index contributed by atoms with van der Waals surface area (Å²) in [6, 6.07) is 8.76. The second kappa shape index (κ2) is 4.88. The zero-order valence-electron chi connectivity index (χ0n) is 13.3. The molecule has 0 amide bonds. The minimum atomic E-state index is 0.191. The summed E-state index contributed by atoms with van der Waals surface area (Å²) in [6.45, 7) is 3.44. The lowest BCUT2D eigenvalue weighted by Crippen LogP contribution is -2.16. The van der Waals surface area contributed by atoms with Crippen molar-refractivity contribution in [1.29, 1.82) is 0 Å². The maximum Gasteiger partial charge on any atom is 0.163 e. The fraction of sp³-hybridized carbons (Fsp3) is 0.421. The van der Waals surface area contributed by atoms with Crippen molar-refractivity contribution in [1.82, 2.24) is 4.57 Å². The fourth-order valence-electron chi connectivity index (χ4n) is 3.66. The third-order valence-electron chi connectivity index (χ3n) is 4.97. The van der Waals surface area contributed by atoms with Crippen LogP contribution in [0.15, 0.2) is 35.5 Å². The Balaban J connectivity index is 1.76. The van der Waals surface area contributed by atoms with Gasteiger partial charge in [0.05, 0.1) is 23.1 Å². The van der Waals surface area contributed by atoms with Gasteiger partial charge in [0, 0.05) is 23.7 Å². The number of hydrogen-bond donors (Lipinski definition) is 0. The minimum Gasteiger partial charge on any atom is -0.486 e. The molecule has 5 rings (SSSR count). The summed E-state index contributed by atoms with van der Waals surface area (Å²) in [5.41, 5.74) is 4.93. The van der Waals surface area contributed by atoms with E-state index in [0.717, 1.165) is 17.9 Å². The summed E-state index contributed by atoms with van der Waals surface area (Å²) in [5, 5.41) is 0. The molecule has 4 heteroatoms. The standard InChI is InChI=1S/C19H20N2O2/c1-2-14-13-10-17-18(23-9-8-22-17)11-16(13)21-7-3-4-15(21)19(20-14)12-5-6-12/h3-4,7,10-12,14H,2,5-6,8-9H2,1H3. The summed E-state index contributed by atoms with van der Waals surface area (Å²) in [4.78, 5) is 5.16. The first-order chi connectivity index (χ1) is 11.3. The van der Waals surface area contributed by atoms with Crippen molar-refractivity contribution in [3.8, 4) is 17.2 Å². The van der Waals surface area contributed by atoms with Crippen LogP contribution in [-0.2, 0) is 0 Å². The van der Waals surface area contributed by atoms with E-state index in [4.69, 9.17) is 14.5 Å². The minimum absolute atomic E-state index is 0.191. The van der Waals surface area contributed by atoms with Gasteiger partial charge in [-0.15, -0.1) is 0 Å². The molecule has 1 aromatic carbocycles. The van der Waals surface area contributed by atoms with E-state index >= 15 is 0 Å². The largest absolute Gasteiger partial charge is 0.486 e. The van der Waals surface area contributed by atoms with Gasteiger partial charge in [-0.05, 0) is 37.5 Å². The summed E-state index contributed by atoms with van der Waals surface area (Å²) in [5.74, 6) is 2.33. The van der Waals surface area contributed by atoms with Crippen LogP contribution in [0.2, 0.25) is 0 Å². The second-order valence-corrected chi connectivity index (χ2v) is 6.53. The maximum atomic E-state index is 5.80. The van der Waals surface area contributed by atoms with Gasteiger partial charge in [0.25, 0.3) is 0 Å². The highest BCUT2D eigenvalue weighted by Crippen LogP contribution is 2.43. The zero-order chi connectivity index (χ0) is 15.4. The van der Waals surface area contributed by atoms with E-state index in [1.165, 1.54) is 35.5 Å². The highest BCUT2D eigenvalue weighted by atomic mass is 16.6. The highest BCUT2D eigenvalue weighted by molar-refractivity contribution is 6.03. The van der Waals surface area contributed by atoms with Crippen molar-refractivity contribution in [2.24, 2.45) is 10.9 Å². The summed E-state index contributed by atoms with van der Waals surface area (Å²) in [6.07, 6.45) is 5.66. The van der Waals surface area contributed by atoms with E-state index in [0.29, 0.717) is 19.1 Å². The molecule has 2 aromatic rings. The molecular weight excluding hydrogens is 288 g/mol. The van der Waals surface area contributed by atoms with Gasteiger partial charge in [-0.25, -0.2) is 0 Å². The molecule has 1 fully saturated rings. The molecule has 1 atom stereocenters. The predicted molar refractivity (Wildman–Crippen MR) is 89.1 cm³/mol. The molecule has 1 saturated carbocycles. The molecule has 3 heterocycles. The molecule has 0 saturated heterocycles. The molecule has 3 aliphatic rings. The highest BCUT2D eigenvalue weighted by Gasteiger charge is 2.34. The first kappa shape index (κ1) is 13.2. The van der Waals surface area contributed by atoms with Gasteiger partial charge >= 0.3 is 0 Å². The van der Waals surface area contributed by atoms with E-state index in [1.54, 1.807) is 0 Å². The van der Waals surface area contributed by atoms with Crippen LogP contribution < -0.4 is 9.47 Å². The van der Waals surface area contributed by atoms with Crippen molar-refractivity contribution in [2.75, 3.05) is 13.2 Å². The normalized spacial score (nSPS) is 22.0. The van der Waals surface area contributed by atoms with Crippen molar-refractivity contribution in [3.63, 3.8) is 0 Å². The molecular formula is C19H20N2O2. The fourth-order valence-corrected chi connectivity index (χ4v) is 3.66. The molecule has 1 aromatic heterocycles. The quantitative estimate of drug-likeness (QED) is 0.843. The van der Waals surface area contributed by atoms with Gasteiger partial charge in [0.1, 0.15) is 13.2 Å². The maximum absolute atomic E-state index is 5.80. The molecule has 0 bridgehead atoms. The Kier molecular flexibility index (Phi) is 2.81. The molecule has 2 aliphatic heterocycles. The van der Waals surface area contributed by atoms with Crippen LogP contribution in [0.5, 0.6) is 11.5 Å². The van der Waals surface area contributed by atoms with Crippen LogP contribution in [0, 0.1) is 5.92 Å². The molecule has 4 nitrogen and oxygen atoms in total. The van der Waals surface area contributed by atoms with Gasteiger partial charge in [-0.2, -0.15) is 0 Å². The van der Waals surface area contributed by atoms with Gasteiger partial charge in [0.15, 0.2) is 11.5 Å². The number of nitrogens with zero attached hydrogens (tertiary/aromatic N) is 2. The number of ether oxygens (including phenoxy) is 2. The number of benzene rings is 1. The number of aromatic nitrogens is 1. The van der Waals surface area contributed by atoms with Gasteiger partial charge < -0.3 is 14.0 Å². The Morgan fingerprint density at radius 3 is 2.70 bits per heavy atom. The third-order valence-corrected chi connectivity index (χ3v) is 4.97. The van der Waals surface area contributed by atoms with Crippen molar-refractivity contribution >= 4 is 5.71 Å². The molecule has 23 heavy (non-hydrogen) atoms. The molecule has 118 valence electrons. The lowest BCUT2D eigenvalue weighted by molar-refractivity contribution is 0.171. The Morgan fingerprint density at radius 2 is 1.96 bits per heavy atom. The van der Waals surface area contributed by atoms with Crippen molar-refractivity contribution in [3.05, 3.63) is 41.7 Å². The third kappa shape index (κ3) is 2.01. The predicted octanol–water partition coefficient (Wildman–Crippen LogP) is 3.91. The van der Waals surface area contributed by atoms with E-state index in [1.807, 2.05) is 0 Å². The lowest BCUT2D eigenvalue weighted by atomic mass is 10.0. The van der Waals surface area contributed by atoms with Crippen LogP contribution in [0.3, 0.4) is 0 Å². The second-order valence-electron chi connectivity index (χ2n) is 6.53. The van der Waals surface area contributed by atoms with E-state index in [2.05, 4.69) is 42.0 Å². The Morgan fingerprint density at radius 1 is 1.17 bits per heavy atom. The summed E-state index contributed by atoms with van der Waals surface area (Å²) >= 11 is 0. The Hall–Kier alpha value is -2.23. The van der Waals surface area contributed by atoms with E-state index in [-0.39, 0.29) is 6.04 Å². The first-order valence-electron chi connectivity index (χ1n) is 8.54. The monoisotopic (exact) mass is 308 g/mol. The van der Waals surface area contributed by atoms with Crippen LogP contribution in [-0.4, -0.2) is 23.5 Å². The zero-order valence-corrected chi connectivity index (χ0v) is 13.3. The topological polar surface area (TPSA) is 35.8 Å². The molecule has 0 spiro atoms. The molecule has 0 radical (unpaired) electrons. The Labute approximate surface area is 135 Å². The van der Waals surface area contributed by atoms with Crippen LogP contribution in [0.25, 0.3) is 5.69 Å². The summed E-state index contributed by atoms with van der Waals surface area (Å²) in [7, 11) is 0. The van der Waals surface area contributed by atoms with Gasteiger partial charge in [0.2, 0.25) is 0 Å². The van der Waals surface area contributed by atoms with Crippen LogP contribution in [0.4, 0.5) is 0 Å². The number of fused-ring (bicyclic) bond motifs is 4. The van der Waals surface area contributed by atoms with E-state index in [9.17, 15) is 0 Å². The first-order valence-corrected chi connectivity index (χ1v) is 8.54. The lowest BCUT2D eigenvalue weighted by Gasteiger charge is -2.23. The smallest absolute Gasteiger partial charge is 0.163 e. The molecule has 1 aliphatic carbocycles. The van der Waals surface area contributed by atoms with Crippen LogP contribution >= 0.6 is 0 Å². The Bertz CT molecular complexity index is 802. The summed E-state index contributed by atoms with van der Waals surface area (Å²) < 4.78 is 13.9. The average Bonchev–Trinajstić information content (AvgIpc) is 3.33. The SMILES string of the molecule is CCC1N=C(C2CC2)c2cccn2-c2cc3c(cc21)OCCO3.